The highest BCUT2D eigenvalue weighted by Gasteiger charge is 2.40. The first-order chi connectivity index (χ1) is 14.8. The van der Waals surface area contributed by atoms with Crippen molar-refractivity contribution in [2.24, 2.45) is 0 Å². The number of carbonyl (C=O) groups is 3. The number of nitrogens with zero attached hydrogens (tertiary/aromatic N) is 2. The zero-order valence-corrected chi connectivity index (χ0v) is 18.7. The van der Waals surface area contributed by atoms with Gasteiger partial charge in [-0.15, -0.1) is 11.3 Å². The molecule has 166 valence electrons. The van der Waals surface area contributed by atoms with E-state index in [-0.39, 0.29) is 30.7 Å². The molecular formula is C22H28N4O4S. The lowest BCUT2D eigenvalue weighted by atomic mass is 10.1. The second-order valence-electron chi connectivity index (χ2n) is 7.74. The number of β-amino-alcohol motifs (C(OH)–C–C–N with tert-alkyl or cyclic N) is 1. The van der Waals surface area contributed by atoms with Crippen molar-refractivity contribution >= 4 is 29.1 Å². The van der Waals surface area contributed by atoms with Crippen LogP contribution < -0.4 is 10.6 Å². The molecular weight excluding hydrogens is 416 g/mol. The predicted octanol–water partition coefficient (Wildman–Crippen LogP) is 1.61. The number of rotatable bonds is 7. The molecule has 0 bridgehead atoms. The first kappa shape index (κ1) is 22.9. The van der Waals surface area contributed by atoms with E-state index in [1.807, 2.05) is 36.7 Å². The number of hydrogen-bond acceptors (Lipinski definition) is 6. The minimum Gasteiger partial charge on any atom is -0.391 e. The zero-order valence-electron chi connectivity index (χ0n) is 17.9. The fourth-order valence-corrected chi connectivity index (χ4v) is 4.56. The number of aryl methyl sites for hydroxylation is 1. The van der Waals surface area contributed by atoms with Crippen molar-refractivity contribution < 1.29 is 19.5 Å². The van der Waals surface area contributed by atoms with Crippen molar-refractivity contribution in [3.63, 3.8) is 0 Å². The lowest BCUT2D eigenvalue weighted by Crippen LogP contribution is -2.53. The monoisotopic (exact) mass is 444 g/mol. The first-order valence-corrected chi connectivity index (χ1v) is 11.2. The predicted molar refractivity (Wildman–Crippen MR) is 118 cm³/mol. The molecule has 3 N–H and O–H groups in total. The Hall–Kier alpha value is -2.78. The van der Waals surface area contributed by atoms with Crippen molar-refractivity contribution in [2.75, 3.05) is 6.54 Å². The number of benzene rings is 1. The minimum atomic E-state index is -0.767. The molecule has 2 heterocycles. The second kappa shape index (κ2) is 10.0. The number of carbonyl (C=O) groups excluding carboxylic acids is 3. The summed E-state index contributed by atoms with van der Waals surface area (Å²) in [5.41, 5.74) is 4.81. The minimum absolute atomic E-state index is 0.0793. The lowest BCUT2D eigenvalue weighted by molar-refractivity contribution is -0.141. The number of aliphatic hydroxyl groups is 1. The summed E-state index contributed by atoms with van der Waals surface area (Å²) in [5.74, 6) is -0.971. The molecule has 0 aliphatic carbocycles. The van der Waals surface area contributed by atoms with E-state index in [4.69, 9.17) is 0 Å². The van der Waals surface area contributed by atoms with Gasteiger partial charge in [-0.05, 0) is 24.5 Å². The smallest absolute Gasteiger partial charge is 0.245 e. The lowest BCUT2D eigenvalue weighted by Gasteiger charge is -2.27. The van der Waals surface area contributed by atoms with Gasteiger partial charge in [0.2, 0.25) is 17.7 Å². The molecule has 2 aromatic rings. The zero-order chi connectivity index (χ0) is 22.5. The molecule has 31 heavy (non-hydrogen) atoms. The number of aliphatic hydroxyl groups excluding tert-OH is 1. The van der Waals surface area contributed by atoms with E-state index in [0.29, 0.717) is 13.0 Å². The third kappa shape index (κ3) is 5.48. The molecule has 0 saturated carbocycles. The fraction of sp³-hybridized carbons (Fsp3) is 0.455. The van der Waals surface area contributed by atoms with Gasteiger partial charge in [0.05, 0.1) is 22.2 Å². The highest BCUT2D eigenvalue weighted by molar-refractivity contribution is 7.13. The molecule has 0 radical (unpaired) electrons. The SMILES string of the molecule is CC[C@H](NC(C)=O)C(=O)N1C[C@H](O)C[C@H]1C(=O)NCc1ccc(-c2scnc2C)cc1. The van der Waals surface area contributed by atoms with Crippen molar-refractivity contribution in [1.29, 1.82) is 0 Å². The van der Waals surface area contributed by atoms with Crippen molar-refractivity contribution in [3.8, 4) is 10.4 Å². The molecule has 1 aliphatic rings. The Labute approximate surface area is 185 Å². The summed E-state index contributed by atoms with van der Waals surface area (Å²) in [7, 11) is 0. The maximum atomic E-state index is 12.8. The van der Waals surface area contributed by atoms with E-state index >= 15 is 0 Å². The summed E-state index contributed by atoms with van der Waals surface area (Å²) < 4.78 is 0. The third-order valence-electron chi connectivity index (χ3n) is 5.38. The van der Waals surface area contributed by atoms with Gasteiger partial charge < -0.3 is 20.6 Å². The molecule has 8 nitrogen and oxygen atoms in total. The molecule has 1 aliphatic heterocycles. The van der Waals surface area contributed by atoms with Gasteiger partial charge in [-0.3, -0.25) is 14.4 Å². The number of aromatic nitrogens is 1. The van der Waals surface area contributed by atoms with Gasteiger partial charge in [0, 0.05) is 26.4 Å². The van der Waals surface area contributed by atoms with Crippen molar-refractivity contribution in [3.05, 3.63) is 41.0 Å². The third-order valence-corrected chi connectivity index (χ3v) is 6.35. The molecule has 0 spiro atoms. The van der Waals surface area contributed by atoms with Gasteiger partial charge in [0.15, 0.2) is 0 Å². The molecule has 1 aromatic carbocycles. The average molecular weight is 445 g/mol. The number of amides is 3. The Balaban J connectivity index is 1.62. The molecule has 3 amide bonds. The van der Waals surface area contributed by atoms with Crippen molar-refractivity contribution in [2.45, 2.75) is 58.3 Å². The maximum Gasteiger partial charge on any atom is 0.245 e. The van der Waals surface area contributed by atoms with E-state index in [1.54, 1.807) is 18.3 Å². The van der Waals surface area contributed by atoms with Crippen LogP contribution in [0.4, 0.5) is 0 Å². The summed E-state index contributed by atoms with van der Waals surface area (Å²) in [6.45, 7) is 5.50. The molecule has 3 rings (SSSR count). The van der Waals surface area contributed by atoms with Gasteiger partial charge >= 0.3 is 0 Å². The summed E-state index contributed by atoms with van der Waals surface area (Å²) >= 11 is 1.59. The molecule has 9 heteroatoms. The van der Waals surface area contributed by atoms with E-state index < -0.39 is 18.2 Å². The van der Waals surface area contributed by atoms with Crippen LogP contribution in [0.3, 0.4) is 0 Å². The van der Waals surface area contributed by atoms with Crippen LogP contribution in [-0.2, 0) is 20.9 Å². The Morgan fingerprint density at radius 1 is 1.29 bits per heavy atom. The van der Waals surface area contributed by atoms with Crippen LogP contribution in [0.25, 0.3) is 10.4 Å². The van der Waals surface area contributed by atoms with Gasteiger partial charge in [0.1, 0.15) is 12.1 Å². The maximum absolute atomic E-state index is 12.8. The van der Waals surface area contributed by atoms with E-state index in [2.05, 4.69) is 15.6 Å². The summed E-state index contributed by atoms with van der Waals surface area (Å²) in [6.07, 6.45) is -0.181. The molecule has 3 atom stereocenters. The summed E-state index contributed by atoms with van der Waals surface area (Å²) in [6, 6.07) is 6.42. The number of likely N-dealkylation sites (tertiary alicyclic amines) is 1. The fourth-order valence-electron chi connectivity index (χ4n) is 3.75. The van der Waals surface area contributed by atoms with E-state index in [0.717, 1.165) is 21.7 Å². The average Bonchev–Trinajstić information content (AvgIpc) is 3.35. The normalized spacial score (nSPS) is 19.2. The van der Waals surface area contributed by atoms with Crippen LogP contribution in [0.5, 0.6) is 0 Å². The second-order valence-corrected chi connectivity index (χ2v) is 8.59. The Kier molecular flexibility index (Phi) is 7.40. The van der Waals surface area contributed by atoms with Crippen LogP contribution >= 0.6 is 11.3 Å². The molecule has 1 saturated heterocycles. The van der Waals surface area contributed by atoms with Gasteiger partial charge in [-0.1, -0.05) is 31.2 Å². The Morgan fingerprint density at radius 3 is 2.58 bits per heavy atom. The quantitative estimate of drug-likeness (QED) is 0.601. The largest absolute Gasteiger partial charge is 0.391 e. The first-order valence-electron chi connectivity index (χ1n) is 10.3. The molecule has 1 aromatic heterocycles. The van der Waals surface area contributed by atoms with Gasteiger partial charge in [-0.2, -0.15) is 0 Å². The van der Waals surface area contributed by atoms with Crippen molar-refractivity contribution in [1.82, 2.24) is 20.5 Å². The highest BCUT2D eigenvalue weighted by Crippen LogP contribution is 2.27. The van der Waals surface area contributed by atoms with Crippen LogP contribution in [0.1, 0.15) is 37.9 Å². The number of hydrogen-bond donors (Lipinski definition) is 3. The van der Waals surface area contributed by atoms with Crippen LogP contribution in [0.2, 0.25) is 0 Å². The van der Waals surface area contributed by atoms with E-state index in [1.165, 1.54) is 11.8 Å². The number of nitrogens with one attached hydrogen (secondary N) is 2. The Bertz CT molecular complexity index is 943. The van der Waals surface area contributed by atoms with Crippen LogP contribution in [0.15, 0.2) is 29.8 Å². The van der Waals surface area contributed by atoms with Gasteiger partial charge in [-0.25, -0.2) is 4.98 Å². The number of thiazole rings is 1. The highest BCUT2D eigenvalue weighted by atomic mass is 32.1. The summed E-state index contributed by atoms with van der Waals surface area (Å²) in [5, 5.41) is 15.5. The standard InChI is InChI=1S/C22H28N4O4S/c1-4-18(25-14(3)27)22(30)26-11-17(28)9-19(26)21(29)23-10-15-5-7-16(8-6-15)20-13(2)24-12-31-20/h5-8,12,17-19,28H,4,9-11H2,1-3H3,(H,23,29)(H,25,27)/t17-,18+,19+/m1/s1. The molecule has 1 fully saturated rings. The van der Waals surface area contributed by atoms with E-state index in [9.17, 15) is 19.5 Å². The summed E-state index contributed by atoms with van der Waals surface area (Å²) in [4.78, 5) is 43.8. The van der Waals surface area contributed by atoms with Crippen LogP contribution in [-0.4, -0.2) is 57.4 Å². The molecule has 0 unspecified atom stereocenters. The topological polar surface area (TPSA) is 112 Å². The van der Waals surface area contributed by atoms with Crippen LogP contribution in [0, 0.1) is 6.92 Å². The Morgan fingerprint density at radius 2 is 2.00 bits per heavy atom. The van der Waals surface area contributed by atoms with Gasteiger partial charge in [0.25, 0.3) is 0 Å².